The van der Waals surface area contributed by atoms with E-state index in [9.17, 15) is 61.4 Å². The number of non-ortho nitro benzene ring substituents is 2. The molecule has 0 bridgehead atoms. The molecule has 0 radical (unpaired) electrons. The van der Waals surface area contributed by atoms with E-state index in [1.54, 1.807) is 43.3 Å². The first-order valence-corrected chi connectivity index (χ1v) is 26.2. The van der Waals surface area contributed by atoms with Gasteiger partial charge in [-0.3, -0.25) is 44.3 Å². The third kappa shape index (κ3) is 19.2. The zero-order valence-electron chi connectivity index (χ0n) is 43.6. The topological polar surface area (TPSA) is 192 Å². The van der Waals surface area contributed by atoms with E-state index in [0.717, 1.165) is 55.5 Å². The number of imide groups is 1. The molecule has 6 aromatic rings. The summed E-state index contributed by atoms with van der Waals surface area (Å²) in [6.45, 7) is 15.8. The second kappa shape index (κ2) is 33.9. The summed E-state index contributed by atoms with van der Waals surface area (Å²) in [4.78, 5) is 66.7. The molecule has 8 rings (SSSR count). The number of amides is 3. The van der Waals surface area contributed by atoms with Crippen molar-refractivity contribution in [3.8, 4) is 0 Å². The number of rotatable bonds is 9. The summed E-state index contributed by atoms with van der Waals surface area (Å²) in [7, 11) is 0. The molecule has 78 heavy (non-hydrogen) atoms. The summed E-state index contributed by atoms with van der Waals surface area (Å²) in [5.41, 5.74) is 2.96. The molecule has 3 heterocycles. The number of likely N-dealkylation sites (tertiary alicyclic amines) is 2. The summed E-state index contributed by atoms with van der Waals surface area (Å²) in [6, 6.07) is 20.5. The van der Waals surface area contributed by atoms with Crippen LogP contribution >= 0.6 is 58.0 Å². The normalized spacial score (nSPS) is 12.3. The molecule has 0 saturated carbocycles. The number of nitro groups is 2. The molecule has 5 aromatic carbocycles. The summed E-state index contributed by atoms with van der Waals surface area (Å²) >= 11 is 29.3. The Balaban J connectivity index is 0.000000313. The Morgan fingerprint density at radius 1 is 0.526 bits per heavy atom. The smallest absolute Gasteiger partial charge is 0.277 e. The molecule has 0 aliphatic carbocycles. The number of hydrogen-bond donors (Lipinski definition) is 0. The number of aryl methyl sites for hydroxylation is 3. The molecule has 2 aliphatic rings. The van der Waals surface area contributed by atoms with Gasteiger partial charge in [-0.2, -0.15) is 0 Å². The van der Waals surface area contributed by atoms with Crippen molar-refractivity contribution in [1.82, 2.24) is 24.8 Å². The maximum Gasteiger partial charge on any atom is 0.277 e. The van der Waals surface area contributed by atoms with Crippen LogP contribution in [0.3, 0.4) is 0 Å². The van der Waals surface area contributed by atoms with Crippen LogP contribution in [0.1, 0.15) is 96.4 Å². The number of hydrogen-bond acceptors (Lipinski definition) is 10. The minimum Gasteiger partial charge on any atom is -0.343 e. The Morgan fingerprint density at radius 3 is 1.44 bits per heavy atom. The van der Waals surface area contributed by atoms with Gasteiger partial charge >= 0.3 is 0 Å². The lowest BCUT2D eigenvalue weighted by Crippen LogP contribution is -2.28. The summed E-state index contributed by atoms with van der Waals surface area (Å²) < 4.78 is 64.0. The van der Waals surface area contributed by atoms with Gasteiger partial charge in [0.1, 0.15) is 5.52 Å². The number of benzene rings is 5. The number of nitrogens with zero attached hydrogens (tertiary/aromatic N) is 7. The van der Waals surface area contributed by atoms with Crippen molar-refractivity contribution in [2.45, 2.75) is 106 Å². The second-order valence-corrected chi connectivity index (χ2v) is 18.1. The average molecular weight is 1190 g/mol. The molecule has 2 saturated heterocycles. The highest BCUT2D eigenvalue weighted by Crippen LogP contribution is 2.44. The molecule has 1 aromatic heterocycles. The number of carbonyl (C=O) groups excluding carboxylic acids is 3. The molecule has 0 spiro atoms. The lowest BCUT2D eigenvalue weighted by atomic mass is 10.1. The van der Waals surface area contributed by atoms with Crippen molar-refractivity contribution in [3.05, 3.63) is 180 Å². The van der Waals surface area contributed by atoms with Crippen LogP contribution in [0.2, 0.25) is 25.1 Å². The van der Waals surface area contributed by atoms with E-state index < -0.39 is 34.6 Å². The molecule has 3 amide bonds. The maximum absolute atomic E-state index is 12.7. The summed E-state index contributed by atoms with van der Waals surface area (Å²) in [5.74, 6) is -9.13. The number of aromatic nitrogens is 3. The van der Waals surface area contributed by atoms with Crippen molar-refractivity contribution in [3.63, 3.8) is 0 Å². The zero-order valence-corrected chi connectivity index (χ0v) is 47.4. The van der Waals surface area contributed by atoms with E-state index in [1.165, 1.54) is 34.7 Å². The van der Waals surface area contributed by atoms with Crippen LogP contribution in [-0.2, 0) is 46.6 Å². The third-order valence-corrected chi connectivity index (χ3v) is 13.7. The Labute approximate surface area is 472 Å². The standard InChI is InChI=1S/C9H9N3O.C8H5Cl5.C8H5F5.2C8H9NO2.C6H9NO2.C6H11NO/c1-2-12-9(13)7-5-3-4-6-8(7)10-11-12;2*1-2-3-4(9)6(11)8(13)7(12)5(3)10;1-2-7-3-5-8(6-4-7)9(10)11;1-2-7-4-3-5-8(6-7)9(10)11;1-2-7-5(8)3-4-6(7)9;1-2-7-5-3-4-6(7)8/h3-6H,2H2,1H3;2*2H2,1H3;2*3-6H,2H2,1H3;2-4H2,1H3;2-5H2,1H3. The molecule has 2 fully saturated rings. The Hall–Kier alpha value is -6.32. The van der Waals surface area contributed by atoms with Gasteiger partial charge in [0.05, 0.1) is 40.3 Å². The fraction of sp³-hybridized carbons (Fsp3) is 0.358. The van der Waals surface area contributed by atoms with E-state index >= 15 is 0 Å². The summed E-state index contributed by atoms with van der Waals surface area (Å²) in [6.07, 6.45) is 4.82. The minimum absolute atomic E-state index is 0.0255. The van der Waals surface area contributed by atoms with Crippen LogP contribution in [0.4, 0.5) is 33.3 Å². The van der Waals surface area contributed by atoms with Crippen LogP contribution < -0.4 is 5.56 Å². The number of fused-ring (bicyclic) bond motifs is 1. The first-order valence-electron chi connectivity index (χ1n) is 24.3. The van der Waals surface area contributed by atoms with E-state index in [4.69, 9.17) is 58.0 Å². The Morgan fingerprint density at radius 2 is 1.03 bits per heavy atom. The number of carbonyl (C=O) groups is 3. The highest BCUT2D eigenvalue weighted by molar-refractivity contribution is 6.55. The van der Waals surface area contributed by atoms with E-state index in [1.807, 2.05) is 57.7 Å². The quantitative estimate of drug-likeness (QED) is 0.0336. The molecular formula is C53H57Cl5F5N7O8. The Bertz CT molecular complexity index is 2960. The zero-order chi connectivity index (χ0) is 59.0. The van der Waals surface area contributed by atoms with Crippen molar-refractivity contribution in [2.24, 2.45) is 0 Å². The lowest BCUT2D eigenvalue weighted by molar-refractivity contribution is -0.385. The van der Waals surface area contributed by atoms with Crippen molar-refractivity contribution >= 4 is 98.0 Å². The Kier molecular flexibility index (Phi) is 29.4. The maximum atomic E-state index is 12.7. The predicted molar refractivity (Wildman–Crippen MR) is 294 cm³/mol. The molecule has 422 valence electrons. The van der Waals surface area contributed by atoms with Crippen LogP contribution in [0.5, 0.6) is 0 Å². The predicted octanol–water partition coefficient (Wildman–Crippen LogP) is 14.4. The van der Waals surface area contributed by atoms with Gasteiger partial charge < -0.3 is 4.90 Å². The minimum atomic E-state index is -2.12. The SMILES string of the molecule is CCN1C(=O)CCC1=O.CCN1CCCC1=O.CCc1c(Cl)c(Cl)c(Cl)c(Cl)c1Cl.CCc1c(F)c(F)c(F)c(F)c1F.CCc1ccc([N+](=O)[O-])cc1.CCc1cccc([N+](=O)[O-])c1.CCn1nnc2ccccc2c1=O. The molecule has 25 heteroatoms. The van der Waals surface area contributed by atoms with E-state index in [-0.39, 0.29) is 60.1 Å². The van der Waals surface area contributed by atoms with Gasteiger partial charge in [-0.15, -0.1) is 5.10 Å². The van der Waals surface area contributed by atoms with Crippen LogP contribution in [0.15, 0.2) is 77.6 Å². The van der Waals surface area contributed by atoms with E-state index in [2.05, 4.69) is 10.3 Å². The van der Waals surface area contributed by atoms with Gasteiger partial charge in [0.25, 0.3) is 16.9 Å². The fourth-order valence-corrected chi connectivity index (χ4v) is 8.35. The van der Waals surface area contributed by atoms with Crippen molar-refractivity contribution in [1.29, 1.82) is 0 Å². The summed E-state index contributed by atoms with van der Waals surface area (Å²) in [5, 5.41) is 30.3. The second-order valence-electron chi connectivity index (χ2n) is 16.2. The van der Waals surface area contributed by atoms with Gasteiger partial charge in [0.2, 0.25) is 23.5 Å². The van der Waals surface area contributed by atoms with Gasteiger partial charge in [-0.1, -0.05) is 127 Å². The monoisotopic (exact) mass is 1190 g/mol. The fourth-order valence-electron chi connectivity index (χ4n) is 6.91. The van der Waals surface area contributed by atoms with Gasteiger partial charge in [0.15, 0.2) is 23.3 Å². The van der Waals surface area contributed by atoms with Crippen LogP contribution in [0.25, 0.3) is 10.9 Å². The van der Waals surface area contributed by atoms with Crippen LogP contribution in [-0.4, -0.2) is 72.0 Å². The molecule has 2 aliphatic heterocycles. The molecule has 0 atom stereocenters. The molecule has 0 unspecified atom stereocenters. The molecule has 15 nitrogen and oxygen atoms in total. The van der Waals surface area contributed by atoms with Crippen LogP contribution in [0, 0.1) is 49.3 Å². The highest BCUT2D eigenvalue weighted by Gasteiger charge is 2.27. The third-order valence-electron chi connectivity index (χ3n) is 11.3. The first kappa shape index (κ1) is 67.8. The largest absolute Gasteiger partial charge is 0.343 e. The van der Waals surface area contributed by atoms with Gasteiger partial charge in [-0.05, 0) is 81.7 Å². The highest BCUT2D eigenvalue weighted by atomic mass is 35.5. The lowest BCUT2D eigenvalue weighted by Gasteiger charge is -2.10. The first-order chi connectivity index (χ1) is 36.9. The molecular weight excluding hydrogens is 1130 g/mol. The number of halogens is 10. The number of nitro benzene ring substituents is 2. The van der Waals surface area contributed by atoms with E-state index in [0.29, 0.717) is 59.2 Å². The average Bonchev–Trinajstić information content (AvgIpc) is 4.03. The van der Waals surface area contributed by atoms with Gasteiger partial charge in [0, 0.05) is 75.3 Å². The van der Waals surface area contributed by atoms with Gasteiger partial charge in [-0.25, -0.2) is 26.6 Å². The van der Waals surface area contributed by atoms with Crippen molar-refractivity contribution < 1.29 is 46.2 Å². The molecule has 0 N–H and O–H groups in total. The van der Waals surface area contributed by atoms with Crippen molar-refractivity contribution in [2.75, 3.05) is 19.6 Å².